The molecule has 1 unspecified atom stereocenters. The Bertz CT molecular complexity index is 1360. The number of halogens is 1. The van der Waals surface area contributed by atoms with Crippen LogP contribution in [0.5, 0.6) is 11.5 Å². The average Bonchev–Trinajstić information content (AvgIpc) is 2.99. The monoisotopic (exact) mass is 594 g/mol. The van der Waals surface area contributed by atoms with Crippen molar-refractivity contribution < 1.29 is 33.4 Å². The highest BCUT2D eigenvalue weighted by Crippen LogP contribution is 2.31. The number of rotatable bonds is 10. The number of amides is 1. The van der Waals surface area contributed by atoms with Crippen molar-refractivity contribution in [3.63, 3.8) is 0 Å². The van der Waals surface area contributed by atoms with Crippen molar-refractivity contribution >= 4 is 36.2 Å². The topological polar surface area (TPSA) is 120 Å². The third kappa shape index (κ3) is 9.15. The Hall–Kier alpha value is -4.21. The lowest BCUT2D eigenvalue weighted by Crippen LogP contribution is -2.48. The molecule has 1 saturated heterocycles. The van der Waals surface area contributed by atoms with E-state index in [9.17, 15) is 19.2 Å². The van der Waals surface area contributed by atoms with Crippen LogP contribution in [0.4, 0.5) is 0 Å². The SMILES string of the molecule is CC(C)OC(=O)C(Cc1ccc(OC(=O)c2ccccc2)c(OC(=O)c2ccccc2)c1)NC(=O)C1CCNCC1.Cl. The molecule has 10 heteroatoms. The molecule has 0 radical (unpaired) electrons. The van der Waals surface area contributed by atoms with Crippen molar-refractivity contribution in [2.45, 2.75) is 45.3 Å². The second-order valence-electron chi connectivity index (χ2n) is 10.1. The van der Waals surface area contributed by atoms with E-state index in [4.69, 9.17) is 14.2 Å². The van der Waals surface area contributed by atoms with E-state index in [-0.39, 0.29) is 48.3 Å². The highest BCUT2D eigenvalue weighted by Gasteiger charge is 2.29. The van der Waals surface area contributed by atoms with Gasteiger partial charge in [-0.25, -0.2) is 14.4 Å². The number of esters is 3. The number of hydrogen-bond donors (Lipinski definition) is 2. The minimum Gasteiger partial charge on any atom is -0.461 e. The zero-order chi connectivity index (χ0) is 29.2. The van der Waals surface area contributed by atoms with E-state index in [1.165, 1.54) is 12.1 Å². The Labute approximate surface area is 251 Å². The maximum Gasteiger partial charge on any atom is 0.343 e. The molecule has 1 fully saturated rings. The molecular formula is C32H35ClN2O7. The Kier molecular flexibility index (Phi) is 12.1. The fraction of sp³-hybridized carbons (Fsp3) is 0.312. The number of nitrogens with one attached hydrogen (secondary N) is 2. The van der Waals surface area contributed by atoms with E-state index in [1.807, 2.05) is 0 Å². The Morgan fingerprint density at radius 2 is 1.36 bits per heavy atom. The van der Waals surface area contributed by atoms with E-state index in [2.05, 4.69) is 10.6 Å². The third-order valence-corrected chi connectivity index (χ3v) is 6.54. The van der Waals surface area contributed by atoms with Gasteiger partial charge < -0.3 is 24.8 Å². The van der Waals surface area contributed by atoms with Gasteiger partial charge in [0.2, 0.25) is 5.91 Å². The molecule has 222 valence electrons. The summed E-state index contributed by atoms with van der Waals surface area (Å²) in [7, 11) is 0. The lowest BCUT2D eigenvalue weighted by atomic mass is 9.96. The Balaban J connectivity index is 0.00000484. The van der Waals surface area contributed by atoms with E-state index in [0.29, 0.717) is 29.5 Å². The summed E-state index contributed by atoms with van der Waals surface area (Å²) in [6, 6.07) is 20.6. The summed E-state index contributed by atoms with van der Waals surface area (Å²) in [4.78, 5) is 51.7. The number of hydrogen-bond acceptors (Lipinski definition) is 8. The first-order valence-corrected chi connectivity index (χ1v) is 13.7. The maximum atomic E-state index is 13.0. The molecule has 0 bridgehead atoms. The molecule has 1 aliphatic rings. The summed E-state index contributed by atoms with van der Waals surface area (Å²) < 4.78 is 16.7. The van der Waals surface area contributed by atoms with Gasteiger partial charge in [0.25, 0.3) is 0 Å². The zero-order valence-electron chi connectivity index (χ0n) is 23.5. The predicted octanol–water partition coefficient (Wildman–Crippen LogP) is 4.53. The zero-order valence-corrected chi connectivity index (χ0v) is 24.4. The summed E-state index contributed by atoms with van der Waals surface area (Å²) >= 11 is 0. The number of ether oxygens (including phenoxy) is 3. The van der Waals surface area contributed by atoms with E-state index in [0.717, 1.165) is 13.1 Å². The summed E-state index contributed by atoms with van der Waals surface area (Å²) in [5, 5.41) is 6.09. The van der Waals surface area contributed by atoms with Crippen LogP contribution in [-0.4, -0.2) is 49.1 Å². The number of carbonyl (C=O) groups excluding carboxylic acids is 4. The quantitative estimate of drug-likeness (QED) is 0.260. The number of piperidine rings is 1. The molecule has 3 aromatic carbocycles. The van der Waals surface area contributed by atoms with Crippen molar-refractivity contribution in [2.24, 2.45) is 5.92 Å². The molecule has 1 heterocycles. The maximum absolute atomic E-state index is 13.0. The fourth-order valence-electron chi connectivity index (χ4n) is 4.43. The largest absolute Gasteiger partial charge is 0.461 e. The van der Waals surface area contributed by atoms with Crippen molar-refractivity contribution in [1.29, 1.82) is 0 Å². The van der Waals surface area contributed by atoms with Gasteiger partial charge in [-0.15, -0.1) is 12.4 Å². The lowest BCUT2D eigenvalue weighted by Gasteiger charge is -2.25. The van der Waals surface area contributed by atoms with E-state index in [1.54, 1.807) is 80.6 Å². The molecule has 2 N–H and O–H groups in total. The fourth-order valence-corrected chi connectivity index (χ4v) is 4.43. The predicted molar refractivity (Wildman–Crippen MR) is 159 cm³/mol. The van der Waals surface area contributed by atoms with E-state index < -0.39 is 23.9 Å². The van der Waals surface area contributed by atoms with Gasteiger partial charge in [0.15, 0.2) is 11.5 Å². The normalized spacial score (nSPS) is 13.8. The van der Waals surface area contributed by atoms with Crippen LogP contribution >= 0.6 is 12.4 Å². The van der Waals surface area contributed by atoms with Crippen molar-refractivity contribution in [2.75, 3.05) is 13.1 Å². The first-order valence-electron chi connectivity index (χ1n) is 13.7. The Morgan fingerprint density at radius 3 is 1.90 bits per heavy atom. The number of carbonyl (C=O) groups is 4. The lowest BCUT2D eigenvalue weighted by molar-refractivity contribution is -0.151. The smallest absolute Gasteiger partial charge is 0.343 e. The molecule has 1 amide bonds. The summed E-state index contributed by atoms with van der Waals surface area (Å²) in [5.41, 5.74) is 1.21. The molecule has 9 nitrogen and oxygen atoms in total. The van der Waals surface area contributed by atoms with Crippen molar-refractivity contribution in [1.82, 2.24) is 10.6 Å². The molecule has 4 rings (SSSR count). The minimum atomic E-state index is -0.963. The van der Waals surface area contributed by atoms with Crippen molar-refractivity contribution in [3.8, 4) is 11.5 Å². The van der Waals surface area contributed by atoms with Gasteiger partial charge in [0.05, 0.1) is 17.2 Å². The molecule has 3 aromatic rings. The first kappa shape index (κ1) is 32.3. The summed E-state index contributed by atoms with van der Waals surface area (Å²) in [6.45, 7) is 4.94. The van der Waals surface area contributed by atoms with Gasteiger partial charge in [-0.2, -0.15) is 0 Å². The van der Waals surface area contributed by atoms with Crippen LogP contribution in [0, 0.1) is 5.92 Å². The van der Waals surface area contributed by atoms with Gasteiger partial charge in [-0.1, -0.05) is 42.5 Å². The van der Waals surface area contributed by atoms with Crippen LogP contribution in [0.3, 0.4) is 0 Å². The van der Waals surface area contributed by atoms with Crippen LogP contribution < -0.4 is 20.1 Å². The van der Waals surface area contributed by atoms with E-state index >= 15 is 0 Å². The van der Waals surface area contributed by atoms with Gasteiger partial charge in [-0.05, 0) is 81.7 Å². The standard InChI is InChI=1S/C32H34N2O7.ClH/c1-21(2)39-32(38)26(34-29(35)23-15-17-33-18-16-23)19-22-13-14-27(40-30(36)24-9-5-3-6-10-24)28(20-22)41-31(37)25-11-7-4-8-12-25;/h3-14,20-21,23,26,33H,15-19H2,1-2H3,(H,34,35);1H. The molecule has 1 aliphatic heterocycles. The highest BCUT2D eigenvalue weighted by molar-refractivity contribution is 5.93. The van der Waals surface area contributed by atoms with Crippen molar-refractivity contribution in [3.05, 3.63) is 95.6 Å². The third-order valence-electron chi connectivity index (χ3n) is 6.54. The molecule has 1 atom stereocenters. The van der Waals surface area contributed by atoms with Gasteiger partial charge >= 0.3 is 17.9 Å². The molecule has 42 heavy (non-hydrogen) atoms. The van der Waals surface area contributed by atoms with Crippen LogP contribution in [0.2, 0.25) is 0 Å². The summed E-state index contributed by atoms with van der Waals surface area (Å²) in [5.74, 6) is -2.20. The second-order valence-corrected chi connectivity index (χ2v) is 10.1. The Morgan fingerprint density at radius 1 is 0.810 bits per heavy atom. The molecule has 0 aliphatic carbocycles. The molecule has 0 saturated carbocycles. The van der Waals surface area contributed by atoms with Gasteiger partial charge in [0.1, 0.15) is 6.04 Å². The van der Waals surface area contributed by atoms with Crippen LogP contribution in [0.1, 0.15) is 53.0 Å². The molecule has 0 aromatic heterocycles. The van der Waals surface area contributed by atoms with Crippen LogP contribution in [0.25, 0.3) is 0 Å². The van der Waals surface area contributed by atoms with Crippen LogP contribution in [0.15, 0.2) is 78.9 Å². The minimum absolute atomic E-state index is 0. The first-order chi connectivity index (χ1) is 19.8. The van der Waals surface area contributed by atoms with Gasteiger partial charge in [0, 0.05) is 12.3 Å². The molecular weight excluding hydrogens is 560 g/mol. The summed E-state index contributed by atoms with van der Waals surface area (Å²) in [6.07, 6.45) is 1.06. The van der Waals surface area contributed by atoms with Crippen LogP contribution in [-0.2, 0) is 20.7 Å². The highest BCUT2D eigenvalue weighted by atomic mass is 35.5. The number of benzene rings is 3. The average molecular weight is 595 g/mol. The molecule has 0 spiro atoms. The van der Waals surface area contributed by atoms with Gasteiger partial charge in [-0.3, -0.25) is 4.79 Å². The second kappa shape index (κ2) is 15.7.